The van der Waals surface area contributed by atoms with Crippen molar-refractivity contribution in [3.8, 4) is 0 Å². The molecular formula is C32H59N6O9+. The number of hydrogen-bond acceptors (Lipinski definition) is 10. The van der Waals surface area contributed by atoms with Crippen molar-refractivity contribution in [1.29, 1.82) is 0 Å². The summed E-state index contributed by atoms with van der Waals surface area (Å²) in [5.41, 5.74) is 5.48. The van der Waals surface area contributed by atoms with Gasteiger partial charge in [-0.3, -0.25) is 14.4 Å². The number of methoxy groups -OCH3 is 2. The van der Waals surface area contributed by atoms with Gasteiger partial charge >= 0.3 is 11.9 Å². The summed E-state index contributed by atoms with van der Waals surface area (Å²) in [6, 6.07) is -2.50. The van der Waals surface area contributed by atoms with Crippen molar-refractivity contribution in [2.24, 2.45) is 5.73 Å². The lowest BCUT2D eigenvalue weighted by Gasteiger charge is -2.35. The number of likely N-dealkylation sites (N-methyl/N-ethyl adjacent to an activating group) is 2. The van der Waals surface area contributed by atoms with E-state index in [0.717, 1.165) is 19.3 Å². The topological polar surface area (TPSA) is 180 Å². The van der Waals surface area contributed by atoms with Gasteiger partial charge in [0, 0.05) is 19.6 Å². The first kappa shape index (κ1) is 41.7. The predicted octanol–water partition coefficient (Wildman–Crippen LogP) is -1.44. The number of esters is 2. The maximum Gasteiger partial charge on any atom is 0.328 e. The van der Waals surface area contributed by atoms with Crippen LogP contribution < -0.4 is 10.8 Å². The highest BCUT2D eigenvalue weighted by molar-refractivity contribution is 5.88. The molecule has 0 aliphatic carbocycles. The van der Waals surface area contributed by atoms with Crippen molar-refractivity contribution in [3.05, 3.63) is 0 Å². The molecule has 0 aromatic rings. The third-order valence-electron chi connectivity index (χ3n) is 9.25. The minimum absolute atomic E-state index is 0.0328. The molecule has 0 saturated carbocycles. The van der Waals surface area contributed by atoms with Gasteiger partial charge in [-0.1, -0.05) is 0 Å². The Hall–Kier alpha value is -3.30. The van der Waals surface area contributed by atoms with Crippen LogP contribution in [0.15, 0.2) is 0 Å². The standard InChI is InChI=1S/C12H23N2O3.C11H20N2O3.C9H16N2O3/c1-9(14(2,3)4)11(15)13-8-6-7-10(13)12(16)17-5;1-8(13(2,3)4)10(14)12-7-5-6-9(12)11(15)16;1-6(10)8(12)11-5-3-4-7(11)9(13)14-2/h9-10H,6-8H2,1-5H3;8-9H,5-7H2,1-4H3;6-7H,3-5,10H2,1-2H3/q+1;;/t9-,10-;8-,9-;6-,7-/m000/s1. The second-order valence-electron chi connectivity index (χ2n) is 14.3. The summed E-state index contributed by atoms with van der Waals surface area (Å²) >= 11 is 0. The molecule has 47 heavy (non-hydrogen) atoms. The molecule has 0 unspecified atom stereocenters. The molecule has 3 fully saturated rings. The molecule has 3 heterocycles. The Labute approximate surface area is 280 Å². The highest BCUT2D eigenvalue weighted by Crippen LogP contribution is 2.22. The number of carbonyl (C=O) groups is 6. The third-order valence-corrected chi connectivity index (χ3v) is 9.25. The molecule has 15 nitrogen and oxygen atoms in total. The Morgan fingerprint density at radius 2 is 0.915 bits per heavy atom. The molecule has 3 amide bonds. The number of quaternary nitrogens is 2. The normalized spacial score (nSPS) is 23.0. The molecule has 0 aromatic heterocycles. The van der Waals surface area contributed by atoms with Crippen molar-refractivity contribution in [3.63, 3.8) is 0 Å². The lowest BCUT2D eigenvalue weighted by molar-refractivity contribution is -0.884. The molecule has 0 aromatic carbocycles. The molecule has 6 atom stereocenters. The summed E-state index contributed by atoms with van der Waals surface area (Å²) < 4.78 is 10.4. The zero-order valence-electron chi connectivity index (χ0n) is 30.3. The van der Waals surface area contributed by atoms with E-state index in [1.807, 2.05) is 56.1 Å². The van der Waals surface area contributed by atoms with Gasteiger partial charge in [0.1, 0.15) is 12.1 Å². The molecule has 2 N–H and O–H groups in total. The number of carboxylic acids is 1. The predicted molar refractivity (Wildman–Crippen MR) is 172 cm³/mol. The molecule has 3 saturated heterocycles. The third kappa shape index (κ3) is 11.4. The molecule has 0 bridgehead atoms. The minimum atomic E-state index is -1.14. The first-order chi connectivity index (χ1) is 21.6. The second-order valence-corrected chi connectivity index (χ2v) is 14.3. The van der Waals surface area contributed by atoms with E-state index < -0.39 is 24.1 Å². The van der Waals surface area contributed by atoms with E-state index in [4.69, 9.17) is 10.5 Å². The van der Waals surface area contributed by atoms with Crippen LogP contribution in [0.1, 0.15) is 59.3 Å². The van der Waals surface area contributed by atoms with Gasteiger partial charge in [-0.25, -0.2) is 9.59 Å². The van der Waals surface area contributed by atoms with Crippen LogP contribution in [0.4, 0.5) is 0 Å². The second kappa shape index (κ2) is 17.7. The van der Waals surface area contributed by atoms with Gasteiger partial charge in [0.05, 0.1) is 74.6 Å². The quantitative estimate of drug-likeness (QED) is 0.237. The Morgan fingerprint density at radius 1 is 0.617 bits per heavy atom. The maximum atomic E-state index is 12.3. The fourth-order valence-corrected chi connectivity index (χ4v) is 5.50. The lowest BCUT2D eigenvalue weighted by Crippen LogP contribution is -2.56. The van der Waals surface area contributed by atoms with Crippen LogP contribution in [0, 0.1) is 0 Å². The zero-order chi connectivity index (χ0) is 36.4. The number of carbonyl (C=O) groups excluding carboxylic acids is 6. The first-order valence-electron chi connectivity index (χ1n) is 16.3. The van der Waals surface area contributed by atoms with Gasteiger partial charge in [0.15, 0.2) is 12.1 Å². The van der Waals surface area contributed by atoms with E-state index in [-0.39, 0.29) is 47.8 Å². The SMILES string of the molecule is COC(=O)[C@@H]1CCCN1C(=O)[C@H](C)N.COC(=O)[C@@H]1CCCN1C(=O)[C@H](C)[N+](C)(C)C.C[C@@H](C(=O)N1CCC[C@H]1C(=O)[O-])[N+](C)(C)C. The van der Waals surface area contributed by atoms with Crippen molar-refractivity contribution < 1.29 is 52.3 Å². The van der Waals surface area contributed by atoms with E-state index in [9.17, 15) is 33.9 Å². The summed E-state index contributed by atoms with van der Waals surface area (Å²) in [5.74, 6) is -2.04. The number of rotatable bonds is 8. The van der Waals surface area contributed by atoms with Crippen LogP contribution >= 0.6 is 0 Å². The van der Waals surface area contributed by atoms with Gasteiger partial charge in [0.2, 0.25) is 5.91 Å². The molecule has 3 rings (SSSR count). The lowest BCUT2D eigenvalue weighted by atomic mass is 10.2. The molecule has 270 valence electrons. The van der Waals surface area contributed by atoms with Gasteiger partial charge < -0.3 is 48.8 Å². The number of carboxylic acid groups (broad SMARTS) is 1. The number of nitrogens with zero attached hydrogens (tertiary/aromatic N) is 5. The minimum Gasteiger partial charge on any atom is -0.548 e. The summed E-state index contributed by atoms with van der Waals surface area (Å²) in [6.45, 7) is 7.13. The zero-order valence-corrected chi connectivity index (χ0v) is 30.3. The molecule has 0 radical (unpaired) electrons. The number of amides is 3. The Kier molecular flexibility index (Phi) is 15.7. The van der Waals surface area contributed by atoms with E-state index in [0.29, 0.717) is 47.9 Å². The van der Waals surface area contributed by atoms with Crippen LogP contribution in [0.25, 0.3) is 0 Å². The summed E-state index contributed by atoms with van der Waals surface area (Å²) in [4.78, 5) is 74.4. The highest BCUT2D eigenvalue weighted by Gasteiger charge is 2.41. The number of likely N-dealkylation sites (tertiary alicyclic amines) is 3. The number of nitrogens with two attached hydrogens (primary N) is 1. The number of aliphatic carboxylic acids is 1. The average molecular weight is 672 g/mol. The molecular weight excluding hydrogens is 612 g/mol. The number of ether oxygens (including phenoxy) is 2. The summed E-state index contributed by atoms with van der Waals surface area (Å²) in [6.07, 6.45) is 4.34. The van der Waals surface area contributed by atoms with Crippen LogP contribution in [0.5, 0.6) is 0 Å². The van der Waals surface area contributed by atoms with Gasteiger partial charge in [-0.05, 0) is 59.3 Å². The van der Waals surface area contributed by atoms with Crippen molar-refractivity contribution in [1.82, 2.24) is 14.7 Å². The van der Waals surface area contributed by atoms with Gasteiger partial charge in [-0.2, -0.15) is 0 Å². The first-order valence-corrected chi connectivity index (χ1v) is 16.3. The van der Waals surface area contributed by atoms with E-state index >= 15 is 0 Å². The Morgan fingerprint density at radius 3 is 1.19 bits per heavy atom. The smallest absolute Gasteiger partial charge is 0.328 e. The van der Waals surface area contributed by atoms with E-state index in [1.54, 1.807) is 11.8 Å². The van der Waals surface area contributed by atoms with Crippen LogP contribution in [-0.2, 0) is 38.2 Å². The van der Waals surface area contributed by atoms with Gasteiger partial charge in [-0.15, -0.1) is 0 Å². The highest BCUT2D eigenvalue weighted by atomic mass is 16.5. The van der Waals surface area contributed by atoms with E-state index in [1.165, 1.54) is 24.0 Å². The van der Waals surface area contributed by atoms with Crippen LogP contribution in [-0.4, -0.2) is 172 Å². The fraction of sp³-hybridized carbons (Fsp3) is 0.812. The summed E-state index contributed by atoms with van der Waals surface area (Å²) in [7, 11) is 14.4. The van der Waals surface area contributed by atoms with Gasteiger partial charge in [0.25, 0.3) is 11.8 Å². The largest absolute Gasteiger partial charge is 0.548 e. The molecule has 3 aliphatic heterocycles. The van der Waals surface area contributed by atoms with Crippen LogP contribution in [0.2, 0.25) is 0 Å². The van der Waals surface area contributed by atoms with Crippen molar-refractivity contribution in [2.45, 2.75) is 95.5 Å². The molecule has 15 heteroatoms. The average Bonchev–Trinajstić information content (AvgIpc) is 3.79. The molecule has 0 spiro atoms. The van der Waals surface area contributed by atoms with Crippen molar-refractivity contribution in [2.75, 3.05) is 76.1 Å². The van der Waals surface area contributed by atoms with Crippen LogP contribution in [0.3, 0.4) is 0 Å². The Balaban J connectivity index is 0.000000354. The monoisotopic (exact) mass is 671 g/mol. The van der Waals surface area contributed by atoms with Crippen molar-refractivity contribution >= 4 is 35.6 Å². The fourth-order valence-electron chi connectivity index (χ4n) is 5.50. The Bertz CT molecular complexity index is 1120. The number of hydrogen-bond donors (Lipinski definition) is 1. The maximum absolute atomic E-state index is 12.3. The molecule has 3 aliphatic rings. The summed E-state index contributed by atoms with van der Waals surface area (Å²) in [5, 5.41) is 10.9. The van der Waals surface area contributed by atoms with E-state index in [2.05, 4.69) is 4.74 Å².